The third kappa shape index (κ3) is 3.86. The van der Waals surface area contributed by atoms with E-state index in [1.807, 2.05) is 0 Å². The quantitative estimate of drug-likeness (QED) is 0.793. The number of halogens is 1. The highest BCUT2D eigenvalue weighted by molar-refractivity contribution is 5.81. The van der Waals surface area contributed by atoms with Crippen LogP contribution < -0.4 is 10.1 Å². The lowest BCUT2D eigenvalue weighted by molar-refractivity contribution is -0.123. The first-order valence-electron chi connectivity index (χ1n) is 5.20. The van der Waals surface area contributed by atoms with Crippen molar-refractivity contribution in [2.24, 2.45) is 0 Å². The van der Waals surface area contributed by atoms with Crippen molar-refractivity contribution in [1.82, 2.24) is 5.32 Å². The van der Waals surface area contributed by atoms with Gasteiger partial charge in [-0.3, -0.25) is 9.59 Å². The first-order valence-corrected chi connectivity index (χ1v) is 5.20. The van der Waals surface area contributed by atoms with E-state index in [1.165, 1.54) is 18.2 Å². The Balaban J connectivity index is 2.69. The summed E-state index contributed by atoms with van der Waals surface area (Å²) in [6, 6.07) is 3.98. The summed E-state index contributed by atoms with van der Waals surface area (Å²) >= 11 is 0. The number of hydrogen-bond acceptors (Lipinski definition) is 3. The largest absolute Gasteiger partial charge is 0.480 e. The molecule has 0 aliphatic rings. The molecule has 0 spiro atoms. The molecule has 1 aromatic carbocycles. The summed E-state index contributed by atoms with van der Waals surface area (Å²) in [5, 5.41) is 2.60. The molecule has 92 valence electrons. The van der Waals surface area contributed by atoms with Gasteiger partial charge in [0.1, 0.15) is 0 Å². The average molecular weight is 239 g/mol. The first-order chi connectivity index (χ1) is 8.04. The van der Waals surface area contributed by atoms with E-state index in [9.17, 15) is 14.0 Å². The number of benzene rings is 1. The van der Waals surface area contributed by atoms with Crippen LogP contribution in [0, 0.1) is 5.82 Å². The van der Waals surface area contributed by atoms with Gasteiger partial charge in [0.2, 0.25) is 0 Å². The fourth-order valence-corrected chi connectivity index (χ4v) is 1.27. The van der Waals surface area contributed by atoms with Crippen LogP contribution in [-0.4, -0.2) is 24.8 Å². The van der Waals surface area contributed by atoms with Crippen LogP contribution in [0.25, 0.3) is 0 Å². The molecule has 4 nitrogen and oxygen atoms in total. The minimum absolute atomic E-state index is 0.0164. The lowest BCUT2D eigenvalue weighted by Crippen LogP contribution is -2.34. The molecule has 0 fully saturated rings. The second-order valence-electron chi connectivity index (χ2n) is 3.79. The maximum Gasteiger partial charge on any atom is 0.258 e. The predicted octanol–water partition coefficient (Wildman–Crippen LogP) is 1.54. The molecule has 0 saturated carbocycles. The summed E-state index contributed by atoms with van der Waals surface area (Å²) in [7, 11) is 0. The van der Waals surface area contributed by atoms with Gasteiger partial charge in [0.15, 0.2) is 24.5 Å². The van der Waals surface area contributed by atoms with Gasteiger partial charge in [0.25, 0.3) is 5.91 Å². The van der Waals surface area contributed by atoms with Crippen LogP contribution in [0.4, 0.5) is 4.39 Å². The third-order valence-electron chi connectivity index (χ3n) is 1.92. The van der Waals surface area contributed by atoms with Crippen molar-refractivity contribution in [2.45, 2.75) is 19.9 Å². The van der Waals surface area contributed by atoms with Gasteiger partial charge in [-0.1, -0.05) is 6.07 Å². The van der Waals surface area contributed by atoms with Gasteiger partial charge >= 0.3 is 0 Å². The van der Waals surface area contributed by atoms with Crippen LogP contribution in [0.2, 0.25) is 0 Å². The van der Waals surface area contributed by atoms with Gasteiger partial charge in [-0.15, -0.1) is 0 Å². The molecule has 0 aliphatic carbocycles. The summed E-state index contributed by atoms with van der Waals surface area (Å²) in [5.74, 6) is -1.21. The zero-order valence-corrected chi connectivity index (χ0v) is 9.70. The molecule has 0 aromatic heterocycles. The zero-order chi connectivity index (χ0) is 12.8. The fraction of sp³-hybridized carbons (Fsp3) is 0.333. The van der Waals surface area contributed by atoms with E-state index < -0.39 is 5.82 Å². The molecule has 0 heterocycles. The summed E-state index contributed by atoms with van der Waals surface area (Å²) in [4.78, 5) is 21.9. The molecule has 1 N–H and O–H groups in total. The van der Waals surface area contributed by atoms with Crippen molar-refractivity contribution in [1.29, 1.82) is 0 Å². The number of nitrogens with one attached hydrogen (secondary N) is 1. The second-order valence-corrected chi connectivity index (χ2v) is 3.79. The molecular weight excluding hydrogens is 225 g/mol. The van der Waals surface area contributed by atoms with Crippen molar-refractivity contribution < 1.29 is 18.7 Å². The van der Waals surface area contributed by atoms with E-state index in [4.69, 9.17) is 4.74 Å². The number of hydrogen-bond donors (Lipinski definition) is 1. The fourth-order valence-electron chi connectivity index (χ4n) is 1.27. The van der Waals surface area contributed by atoms with Crippen molar-refractivity contribution in [2.75, 3.05) is 6.61 Å². The van der Waals surface area contributed by atoms with E-state index in [1.54, 1.807) is 13.8 Å². The van der Waals surface area contributed by atoms with Gasteiger partial charge in [0.05, 0.1) is 5.56 Å². The number of para-hydroxylation sites is 1. The molecule has 5 heteroatoms. The van der Waals surface area contributed by atoms with Crippen LogP contribution in [-0.2, 0) is 4.79 Å². The number of ether oxygens (including phenoxy) is 1. The molecule has 17 heavy (non-hydrogen) atoms. The van der Waals surface area contributed by atoms with Gasteiger partial charge < -0.3 is 10.1 Å². The Kier molecular flexibility index (Phi) is 4.63. The Morgan fingerprint density at radius 2 is 2.24 bits per heavy atom. The second kappa shape index (κ2) is 5.98. The van der Waals surface area contributed by atoms with Crippen molar-refractivity contribution >= 4 is 12.2 Å². The van der Waals surface area contributed by atoms with Gasteiger partial charge in [-0.25, -0.2) is 4.39 Å². The van der Waals surface area contributed by atoms with Crippen LogP contribution in [0.1, 0.15) is 24.2 Å². The standard InChI is InChI=1S/C12H14FNO3/c1-8(2)14-11(16)7-17-12-9(6-15)4-3-5-10(12)13/h3-6,8H,7H2,1-2H3,(H,14,16). The Hall–Kier alpha value is -1.91. The van der Waals surface area contributed by atoms with E-state index in [2.05, 4.69) is 5.32 Å². The zero-order valence-electron chi connectivity index (χ0n) is 9.70. The number of carbonyl (C=O) groups is 2. The number of carbonyl (C=O) groups excluding carboxylic acids is 2. The molecule has 0 atom stereocenters. The topological polar surface area (TPSA) is 55.4 Å². The summed E-state index contributed by atoms with van der Waals surface area (Å²) in [6.45, 7) is 3.29. The van der Waals surface area contributed by atoms with E-state index in [0.29, 0.717) is 6.29 Å². The van der Waals surface area contributed by atoms with Crippen molar-refractivity contribution in [3.63, 3.8) is 0 Å². The van der Waals surface area contributed by atoms with Crippen LogP contribution in [0.15, 0.2) is 18.2 Å². The average Bonchev–Trinajstić information content (AvgIpc) is 2.26. The number of rotatable bonds is 5. The Bertz CT molecular complexity index is 418. The summed E-state index contributed by atoms with van der Waals surface area (Å²) < 4.78 is 18.3. The minimum Gasteiger partial charge on any atom is -0.480 e. The normalized spacial score (nSPS) is 10.1. The molecule has 0 saturated heterocycles. The Morgan fingerprint density at radius 1 is 1.53 bits per heavy atom. The van der Waals surface area contributed by atoms with Gasteiger partial charge in [0, 0.05) is 6.04 Å². The first kappa shape index (κ1) is 13.2. The third-order valence-corrected chi connectivity index (χ3v) is 1.92. The molecule has 1 aromatic rings. The molecule has 0 aliphatic heterocycles. The maximum atomic E-state index is 13.3. The van der Waals surface area contributed by atoms with E-state index in [0.717, 1.165) is 0 Å². The van der Waals surface area contributed by atoms with Crippen molar-refractivity contribution in [3.8, 4) is 5.75 Å². The monoisotopic (exact) mass is 239 g/mol. The number of amides is 1. The molecule has 1 amide bonds. The highest BCUT2D eigenvalue weighted by Crippen LogP contribution is 2.20. The Labute approximate surface area is 98.8 Å². The summed E-state index contributed by atoms with van der Waals surface area (Å²) in [6.07, 6.45) is 0.485. The molecular formula is C12H14FNO3. The highest BCUT2D eigenvalue weighted by Gasteiger charge is 2.11. The van der Waals surface area contributed by atoms with Crippen molar-refractivity contribution in [3.05, 3.63) is 29.6 Å². The number of aldehydes is 1. The van der Waals surface area contributed by atoms with Crippen LogP contribution in [0.5, 0.6) is 5.75 Å². The molecule has 1 rings (SSSR count). The highest BCUT2D eigenvalue weighted by atomic mass is 19.1. The SMILES string of the molecule is CC(C)NC(=O)COc1c(F)cccc1C=O. The van der Waals surface area contributed by atoms with E-state index in [-0.39, 0.29) is 29.9 Å². The van der Waals surface area contributed by atoms with Gasteiger partial charge in [-0.2, -0.15) is 0 Å². The van der Waals surface area contributed by atoms with Gasteiger partial charge in [-0.05, 0) is 26.0 Å². The molecule has 0 bridgehead atoms. The lowest BCUT2D eigenvalue weighted by Gasteiger charge is -2.11. The predicted molar refractivity (Wildman–Crippen MR) is 60.6 cm³/mol. The minimum atomic E-state index is -0.660. The Morgan fingerprint density at radius 3 is 2.82 bits per heavy atom. The van der Waals surface area contributed by atoms with Crippen LogP contribution in [0.3, 0.4) is 0 Å². The lowest BCUT2D eigenvalue weighted by atomic mass is 10.2. The summed E-state index contributed by atoms with van der Waals surface area (Å²) in [5.41, 5.74) is 0.0855. The van der Waals surface area contributed by atoms with E-state index >= 15 is 0 Å². The maximum absolute atomic E-state index is 13.3. The van der Waals surface area contributed by atoms with Crippen LogP contribution >= 0.6 is 0 Å². The molecule has 0 unspecified atom stereocenters. The smallest absolute Gasteiger partial charge is 0.258 e. The molecule has 0 radical (unpaired) electrons.